The summed E-state index contributed by atoms with van der Waals surface area (Å²) < 4.78 is 0. The highest BCUT2D eigenvalue weighted by Gasteiger charge is 2.01. The average Bonchev–Trinajstić information content (AvgIpc) is 2.26. The lowest BCUT2D eigenvalue weighted by molar-refractivity contribution is 0.985. The second-order valence-corrected chi connectivity index (χ2v) is 4.79. The summed E-state index contributed by atoms with van der Waals surface area (Å²) in [5.41, 5.74) is 5.96. The van der Waals surface area contributed by atoms with Crippen LogP contribution in [0.2, 0.25) is 0 Å². The van der Waals surface area contributed by atoms with Crippen molar-refractivity contribution in [1.82, 2.24) is 9.97 Å². The fraction of sp³-hybridized carbons (Fsp3) is 0.444. The van der Waals surface area contributed by atoms with Crippen LogP contribution in [-0.4, -0.2) is 33.0 Å². The molecule has 6 heteroatoms. The largest absolute Gasteiger partial charge is 0.388 e. The number of nitrogens with one attached hydrogen (secondary N) is 1. The number of anilines is 1. The van der Waals surface area contributed by atoms with Gasteiger partial charge >= 0.3 is 0 Å². The van der Waals surface area contributed by atoms with Gasteiger partial charge in [-0.15, -0.1) is 0 Å². The van der Waals surface area contributed by atoms with Crippen molar-refractivity contribution in [2.75, 3.05) is 18.1 Å². The number of thiocarbonyl (C=S) groups is 1. The maximum absolute atomic E-state index is 5.41. The first-order chi connectivity index (χ1) is 7.13. The zero-order valence-electron chi connectivity index (χ0n) is 8.73. The fourth-order valence-corrected chi connectivity index (χ4v) is 1.23. The maximum Gasteiger partial charge on any atom is 0.144 e. The highest BCUT2D eigenvalue weighted by atomic mass is 32.2. The molecule has 0 saturated heterocycles. The first kappa shape index (κ1) is 12.2. The summed E-state index contributed by atoms with van der Waals surface area (Å²) in [6.45, 7) is 3.01. The lowest BCUT2D eigenvalue weighted by Crippen LogP contribution is -2.15. The Morgan fingerprint density at radius 3 is 2.80 bits per heavy atom. The van der Waals surface area contributed by atoms with E-state index < -0.39 is 0 Å². The van der Waals surface area contributed by atoms with Gasteiger partial charge in [0.2, 0.25) is 0 Å². The normalized spacial score (nSPS) is 12.1. The quantitative estimate of drug-likeness (QED) is 0.758. The first-order valence-electron chi connectivity index (χ1n) is 4.52. The van der Waals surface area contributed by atoms with Gasteiger partial charge in [0.25, 0.3) is 0 Å². The molecular weight excluding hydrogens is 228 g/mol. The smallest absolute Gasteiger partial charge is 0.144 e. The van der Waals surface area contributed by atoms with Crippen LogP contribution in [0, 0.1) is 0 Å². The number of hydrogen-bond acceptors (Lipinski definition) is 5. The summed E-state index contributed by atoms with van der Waals surface area (Å²) in [6, 6.07) is 0. The minimum absolute atomic E-state index is 0.270. The third-order valence-electron chi connectivity index (χ3n) is 1.88. The number of nitrogens with two attached hydrogens (primary N) is 1. The van der Waals surface area contributed by atoms with Gasteiger partial charge in [-0.05, 0) is 6.26 Å². The highest BCUT2D eigenvalue weighted by Crippen LogP contribution is 2.07. The molecule has 0 fully saturated rings. The molecule has 0 aliphatic heterocycles. The van der Waals surface area contributed by atoms with Crippen LogP contribution in [0.4, 0.5) is 5.82 Å². The van der Waals surface area contributed by atoms with Crippen LogP contribution < -0.4 is 11.1 Å². The van der Waals surface area contributed by atoms with Gasteiger partial charge in [0, 0.05) is 11.8 Å². The van der Waals surface area contributed by atoms with Gasteiger partial charge in [0.1, 0.15) is 16.5 Å². The Balaban J connectivity index is 2.53. The van der Waals surface area contributed by atoms with E-state index >= 15 is 0 Å². The Labute approximate surface area is 99.1 Å². The molecule has 0 radical (unpaired) electrons. The van der Waals surface area contributed by atoms with Crippen molar-refractivity contribution >= 4 is 34.8 Å². The molecule has 1 atom stereocenters. The Bertz CT molecular complexity index is 325. The summed E-state index contributed by atoms with van der Waals surface area (Å²) in [4.78, 5) is 8.51. The van der Waals surface area contributed by atoms with E-state index in [0.717, 1.165) is 12.4 Å². The van der Waals surface area contributed by atoms with Crippen LogP contribution in [0.25, 0.3) is 0 Å². The number of rotatable bonds is 5. The van der Waals surface area contributed by atoms with Crippen LogP contribution in [0.15, 0.2) is 12.4 Å². The molecule has 1 heterocycles. The third kappa shape index (κ3) is 4.01. The average molecular weight is 242 g/mol. The van der Waals surface area contributed by atoms with Crippen LogP contribution >= 0.6 is 24.0 Å². The van der Waals surface area contributed by atoms with Crippen molar-refractivity contribution in [3.8, 4) is 0 Å². The summed E-state index contributed by atoms with van der Waals surface area (Å²) in [5, 5.41) is 3.73. The van der Waals surface area contributed by atoms with Crippen molar-refractivity contribution in [3.63, 3.8) is 0 Å². The third-order valence-corrected chi connectivity index (χ3v) is 3.06. The van der Waals surface area contributed by atoms with Gasteiger partial charge in [-0.2, -0.15) is 11.8 Å². The summed E-state index contributed by atoms with van der Waals surface area (Å²) >= 11 is 6.58. The van der Waals surface area contributed by atoms with E-state index in [1.54, 1.807) is 24.2 Å². The van der Waals surface area contributed by atoms with Crippen LogP contribution in [0.3, 0.4) is 0 Å². The Morgan fingerprint density at radius 2 is 2.33 bits per heavy atom. The molecule has 0 bridgehead atoms. The van der Waals surface area contributed by atoms with Gasteiger partial charge in [-0.3, -0.25) is 0 Å². The Hall–Kier alpha value is -0.880. The van der Waals surface area contributed by atoms with E-state index in [0.29, 0.717) is 10.9 Å². The molecule has 1 aromatic rings. The second-order valence-electron chi connectivity index (χ2n) is 3.08. The molecule has 0 spiro atoms. The van der Waals surface area contributed by atoms with Gasteiger partial charge in [-0.25, -0.2) is 9.97 Å². The topological polar surface area (TPSA) is 63.8 Å². The van der Waals surface area contributed by atoms with E-state index in [1.807, 2.05) is 0 Å². The lowest BCUT2D eigenvalue weighted by atomic mass is 10.4. The SMILES string of the molecule is CSC(C)CNc1cnc(C(N)=S)cn1. The van der Waals surface area contributed by atoms with Crippen molar-refractivity contribution < 1.29 is 0 Å². The summed E-state index contributed by atoms with van der Waals surface area (Å²) in [5.74, 6) is 0.746. The molecule has 0 saturated carbocycles. The van der Waals surface area contributed by atoms with Crippen LogP contribution in [0.1, 0.15) is 12.6 Å². The molecule has 1 rings (SSSR count). The van der Waals surface area contributed by atoms with Crippen molar-refractivity contribution in [3.05, 3.63) is 18.1 Å². The lowest BCUT2D eigenvalue weighted by Gasteiger charge is -2.09. The van der Waals surface area contributed by atoms with Crippen molar-refractivity contribution in [2.45, 2.75) is 12.2 Å². The van der Waals surface area contributed by atoms with Gasteiger partial charge in [0.15, 0.2) is 0 Å². The molecule has 0 aliphatic rings. The monoisotopic (exact) mass is 242 g/mol. The van der Waals surface area contributed by atoms with E-state index in [4.69, 9.17) is 18.0 Å². The van der Waals surface area contributed by atoms with E-state index in [1.165, 1.54) is 0 Å². The van der Waals surface area contributed by atoms with Gasteiger partial charge < -0.3 is 11.1 Å². The zero-order valence-corrected chi connectivity index (χ0v) is 10.4. The summed E-state index contributed by atoms with van der Waals surface area (Å²) in [7, 11) is 0. The highest BCUT2D eigenvalue weighted by molar-refractivity contribution is 7.99. The predicted molar refractivity (Wildman–Crippen MR) is 69.4 cm³/mol. The van der Waals surface area contributed by atoms with E-state index in [-0.39, 0.29) is 4.99 Å². The number of thioether (sulfide) groups is 1. The molecule has 4 nitrogen and oxygen atoms in total. The molecule has 0 aromatic carbocycles. The molecule has 3 N–H and O–H groups in total. The minimum atomic E-state index is 0.270. The Morgan fingerprint density at radius 1 is 1.60 bits per heavy atom. The van der Waals surface area contributed by atoms with Crippen LogP contribution in [-0.2, 0) is 0 Å². The van der Waals surface area contributed by atoms with Gasteiger partial charge in [-0.1, -0.05) is 19.1 Å². The van der Waals surface area contributed by atoms with E-state index in [9.17, 15) is 0 Å². The number of aromatic nitrogens is 2. The molecule has 82 valence electrons. The van der Waals surface area contributed by atoms with Crippen molar-refractivity contribution in [2.24, 2.45) is 5.73 Å². The fourth-order valence-electron chi connectivity index (χ4n) is 0.878. The molecule has 1 aromatic heterocycles. The number of nitrogens with zero attached hydrogens (tertiary/aromatic N) is 2. The molecule has 15 heavy (non-hydrogen) atoms. The molecular formula is C9H14N4S2. The second kappa shape index (κ2) is 5.87. The number of hydrogen-bond donors (Lipinski definition) is 2. The standard InChI is InChI=1S/C9H14N4S2/c1-6(15-2)3-12-8-5-11-7(4-13-8)9(10)14/h4-6H,3H2,1-2H3,(H2,10,14)(H,12,13). The Kier molecular flexibility index (Phi) is 4.77. The molecule has 1 unspecified atom stereocenters. The predicted octanol–water partition coefficient (Wildman–Crippen LogP) is 1.27. The molecule has 0 aliphatic carbocycles. The summed E-state index contributed by atoms with van der Waals surface area (Å²) in [6.07, 6.45) is 5.30. The first-order valence-corrected chi connectivity index (χ1v) is 6.21. The molecule has 0 amide bonds. The van der Waals surface area contributed by atoms with Gasteiger partial charge in [0.05, 0.1) is 12.4 Å². The van der Waals surface area contributed by atoms with Crippen LogP contribution in [0.5, 0.6) is 0 Å². The minimum Gasteiger partial charge on any atom is -0.388 e. The van der Waals surface area contributed by atoms with Crippen molar-refractivity contribution in [1.29, 1.82) is 0 Å². The zero-order chi connectivity index (χ0) is 11.3. The van der Waals surface area contributed by atoms with E-state index in [2.05, 4.69) is 28.5 Å². The maximum atomic E-state index is 5.41.